The van der Waals surface area contributed by atoms with E-state index in [1.165, 1.54) is 138 Å². The van der Waals surface area contributed by atoms with Crippen molar-refractivity contribution >= 4 is 52.0 Å². The fourth-order valence-corrected chi connectivity index (χ4v) is 8.04. The molecule has 10 heteroatoms. The Bertz CT molecular complexity index is 1910. The highest BCUT2D eigenvalue weighted by Gasteiger charge is 2.25. The summed E-state index contributed by atoms with van der Waals surface area (Å²) in [6.45, 7) is 3.99. The number of primary amides is 1. The van der Waals surface area contributed by atoms with Gasteiger partial charge in [-0.2, -0.15) is 0 Å². The maximum Gasteiger partial charge on any atom is 0.335 e. The monoisotopic (exact) mass is 782 g/mol. The van der Waals surface area contributed by atoms with Gasteiger partial charge in [0, 0.05) is 27.4 Å². The van der Waals surface area contributed by atoms with Crippen molar-refractivity contribution in [3.8, 4) is 5.75 Å². The van der Waals surface area contributed by atoms with Gasteiger partial charge in [0.1, 0.15) is 5.75 Å². The zero-order chi connectivity index (χ0) is 40.5. The number of hydrogen-bond donors (Lipinski definition) is 4. The third-order valence-corrected chi connectivity index (χ3v) is 11.4. The average molecular weight is 783 g/mol. The molecule has 1 fully saturated rings. The molecule has 0 aliphatic heterocycles. The molecular weight excluding hydrogens is 725 g/mol. The third-order valence-electron chi connectivity index (χ3n) is 10.3. The second-order valence-electron chi connectivity index (χ2n) is 14.7. The van der Waals surface area contributed by atoms with Gasteiger partial charge in [-0.15, -0.1) is 0 Å². The van der Waals surface area contributed by atoms with Crippen molar-refractivity contribution in [2.24, 2.45) is 11.7 Å². The van der Waals surface area contributed by atoms with Crippen LogP contribution < -0.4 is 10.6 Å². The molecule has 0 spiro atoms. The number of phenolic OH excluding ortho intramolecular Hbond substituents is 1. The SMILES string of the molecule is CCCCCCCCCCCCCCCC1CC1.CCN(C(=O)c1cc(Sc2ccccc2C(N)=O)c2ccccc2c1O)c1cc(C(=O)O)cc(C(=O)O)c1. The first-order valence-electron chi connectivity index (χ1n) is 20.3. The maximum atomic E-state index is 13.8. The van der Waals surface area contributed by atoms with Crippen molar-refractivity contribution in [1.29, 1.82) is 0 Å². The number of carboxylic acids is 2. The van der Waals surface area contributed by atoms with Crippen LogP contribution in [0.2, 0.25) is 0 Å². The van der Waals surface area contributed by atoms with Gasteiger partial charge in [-0.3, -0.25) is 9.59 Å². The Morgan fingerprint density at radius 3 is 1.70 bits per heavy atom. The number of nitrogens with two attached hydrogens (primary N) is 1. The summed E-state index contributed by atoms with van der Waals surface area (Å²) in [4.78, 5) is 51.3. The number of unbranched alkanes of at least 4 members (excludes halogenated alkanes) is 12. The summed E-state index contributed by atoms with van der Waals surface area (Å²) < 4.78 is 0. The Hall–Kier alpha value is -4.83. The second kappa shape index (κ2) is 22.7. The fraction of sp³-hybridized carbons (Fsp3) is 0.435. The maximum absolute atomic E-state index is 13.8. The first-order valence-corrected chi connectivity index (χ1v) is 21.1. The molecule has 0 saturated heterocycles. The number of anilines is 1. The molecule has 1 saturated carbocycles. The van der Waals surface area contributed by atoms with Crippen LogP contribution in [0.5, 0.6) is 5.75 Å². The Labute approximate surface area is 335 Å². The van der Waals surface area contributed by atoms with E-state index in [1.54, 1.807) is 55.5 Å². The van der Waals surface area contributed by atoms with E-state index in [9.17, 15) is 34.5 Å². The molecule has 4 aromatic carbocycles. The van der Waals surface area contributed by atoms with Gasteiger partial charge in [0.05, 0.1) is 22.3 Å². The molecule has 0 unspecified atom stereocenters. The molecule has 1 aliphatic carbocycles. The van der Waals surface area contributed by atoms with E-state index in [4.69, 9.17) is 5.73 Å². The molecule has 0 aromatic heterocycles. The van der Waals surface area contributed by atoms with Gasteiger partial charge in [-0.1, -0.05) is 158 Å². The van der Waals surface area contributed by atoms with Crippen LogP contribution in [-0.4, -0.2) is 45.6 Å². The Morgan fingerprint density at radius 2 is 1.18 bits per heavy atom. The second-order valence-corrected chi connectivity index (χ2v) is 15.8. The molecule has 9 nitrogen and oxygen atoms in total. The minimum atomic E-state index is -1.35. The van der Waals surface area contributed by atoms with Gasteiger partial charge < -0.3 is 26.0 Å². The molecule has 4 aromatic rings. The number of benzene rings is 4. The van der Waals surface area contributed by atoms with Crippen LogP contribution in [0.15, 0.2) is 82.6 Å². The predicted octanol–water partition coefficient (Wildman–Crippen LogP) is 11.7. The number of carbonyl (C=O) groups excluding carboxylic acids is 2. The first kappa shape index (κ1) is 43.9. The van der Waals surface area contributed by atoms with Crippen molar-refractivity contribution in [3.05, 3.63) is 95.1 Å². The molecular formula is C46H58N2O7S. The number of hydrogen-bond acceptors (Lipinski definition) is 6. The van der Waals surface area contributed by atoms with E-state index in [2.05, 4.69) is 6.92 Å². The molecule has 0 radical (unpaired) electrons. The number of aromatic hydroxyl groups is 1. The smallest absolute Gasteiger partial charge is 0.335 e. The molecule has 0 heterocycles. The lowest BCUT2D eigenvalue weighted by Crippen LogP contribution is -2.31. The van der Waals surface area contributed by atoms with Crippen molar-refractivity contribution in [3.63, 3.8) is 0 Å². The van der Waals surface area contributed by atoms with Crippen molar-refractivity contribution < 1.29 is 34.5 Å². The number of amides is 2. The number of carbonyl (C=O) groups is 4. The van der Waals surface area contributed by atoms with Crippen molar-refractivity contribution in [2.45, 2.75) is 126 Å². The van der Waals surface area contributed by atoms with Crippen molar-refractivity contribution in [1.82, 2.24) is 0 Å². The highest BCUT2D eigenvalue weighted by atomic mass is 32.2. The van der Waals surface area contributed by atoms with E-state index < -0.39 is 23.8 Å². The molecule has 5 N–H and O–H groups in total. The highest BCUT2D eigenvalue weighted by Crippen LogP contribution is 2.41. The zero-order valence-electron chi connectivity index (χ0n) is 32.9. The number of nitrogens with zero attached hydrogens (tertiary/aromatic N) is 1. The zero-order valence-corrected chi connectivity index (χ0v) is 33.8. The van der Waals surface area contributed by atoms with Crippen LogP contribution in [0.3, 0.4) is 0 Å². The summed E-state index contributed by atoms with van der Waals surface area (Å²) in [5, 5.41) is 31.0. The van der Waals surface area contributed by atoms with Crippen LogP contribution in [0, 0.1) is 5.92 Å². The lowest BCUT2D eigenvalue weighted by molar-refractivity contribution is 0.0696. The minimum absolute atomic E-state index is 0.0515. The van der Waals surface area contributed by atoms with E-state index in [-0.39, 0.29) is 34.7 Å². The topological polar surface area (TPSA) is 158 Å². The number of phenols is 1. The first-order chi connectivity index (χ1) is 27.0. The Morgan fingerprint density at radius 1 is 0.661 bits per heavy atom. The van der Waals surface area contributed by atoms with E-state index in [0.717, 1.165) is 12.0 Å². The van der Waals surface area contributed by atoms with Crippen LogP contribution in [0.4, 0.5) is 5.69 Å². The van der Waals surface area contributed by atoms with E-state index in [0.29, 0.717) is 26.1 Å². The van der Waals surface area contributed by atoms with Gasteiger partial charge in [0.2, 0.25) is 5.91 Å². The summed E-state index contributed by atoms with van der Waals surface area (Å²) in [7, 11) is 0. The predicted molar refractivity (Wildman–Crippen MR) is 225 cm³/mol. The van der Waals surface area contributed by atoms with Gasteiger partial charge in [0.15, 0.2) is 0 Å². The van der Waals surface area contributed by atoms with Gasteiger partial charge in [0.25, 0.3) is 5.91 Å². The van der Waals surface area contributed by atoms with Crippen LogP contribution in [-0.2, 0) is 0 Å². The van der Waals surface area contributed by atoms with E-state index >= 15 is 0 Å². The summed E-state index contributed by atoms with van der Waals surface area (Å²) in [5.41, 5.74) is 5.21. The number of fused-ring (bicyclic) bond motifs is 1. The third kappa shape index (κ3) is 13.1. The Balaban J connectivity index is 0.000000325. The quantitative estimate of drug-likeness (QED) is 0.0573. The molecule has 300 valence electrons. The largest absolute Gasteiger partial charge is 0.506 e. The number of aromatic carboxylic acids is 2. The van der Waals surface area contributed by atoms with Gasteiger partial charge in [-0.25, -0.2) is 9.59 Å². The average Bonchev–Trinajstić information content (AvgIpc) is 4.03. The van der Waals surface area contributed by atoms with Crippen molar-refractivity contribution in [2.75, 3.05) is 11.4 Å². The fourth-order valence-electron chi connectivity index (χ4n) is 6.91. The van der Waals surface area contributed by atoms with Crippen LogP contribution >= 0.6 is 11.8 Å². The molecule has 1 aliphatic rings. The summed E-state index contributed by atoms with van der Waals surface area (Å²) in [6.07, 6.45) is 23.9. The lowest BCUT2D eigenvalue weighted by atomic mass is 10.0. The summed E-state index contributed by atoms with van der Waals surface area (Å²) in [6, 6.07) is 18.5. The lowest BCUT2D eigenvalue weighted by Gasteiger charge is -2.23. The molecule has 2 amide bonds. The molecule has 5 rings (SSSR count). The normalized spacial score (nSPS) is 12.2. The van der Waals surface area contributed by atoms with Gasteiger partial charge >= 0.3 is 11.9 Å². The Kier molecular flexibility index (Phi) is 17.8. The summed E-state index contributed by atoms with van der Waals surface area (Å²) in [5.74, 6) is -3.12. The molecule has 56 heavy (non-hydrogen) atoms. The highest BCUT2D eigenvalue weighted by molar-refractivity contribution is 7.99. The van der Waals surface area contributed by atoms with Crippen LogP contribution in [0.25, 0.3) is 10.8 Å². The van der Waals surface area contributed by atoms with E-state index in [1.807, 2.05) is 0 Å². The number of carboxylic acid groups (broad SMARTS) is 2. The molecule has 0 bridgehead atoms. The standard InChI is InChI=1S/C28H22N2O7S.C18H36/c1-2-30(17-12-15(27(34)35)11-16(13-17)28(36)37)26(33)21-14-23(18-7-3-4-8-19(18)24(21)31)38-22-10-6-5-9-20(22)25(29)32;1-2-3-4-5-6-7-8-9-10-11-12-13-14-15-18-16-17-18/h3-14,31H,2H2,1H3,(H2,29,32)(H,34,35)(H,36,37);18H,2-17H2,1H3. The minimum Gasteiger partial charge on any atom is -0.506 e. The van der Waals surface area contributed by atoms with Gasteiger partial charge in [-0.05, 0) is 54.6 Å². The molecule has 0 atom stereocenters. The van der Waals surface area contributed by atoms with Crippen LogP contribution in [0.1, 0.15) is 158 Å². The summed E-state index contributed by atoms with van der Waals surface area (Å²) >= 11 is 1.20. The number of rotatable bonds is 22.